The molecule has 128 valence electrons. The molecule has 0 spiro atoms. The second-order valence-corrected chi connectivity index (χ2v) is 6.27. The summed E-state index contributed by atoms with van der Waals surface area (Å²) in [5.41, 5.74) is 5.13. The maximum atomic E-state index is 12.5. The number of hydrogen-bond donors (Lipinski definition) is 1. The minimum atomic E-state index is -0.756. The number of aromatic nitrogens is 1. The molecule has 6 nitrogen and oxygen atoms in total. The molecule has 1 aliphatic heterocycles. The number of nitrogens with zero attached hydrogens (tertiary/aromatic N) is 2. The Bertz CT molecular complexity index is 965. The first-order valence-electron chi connectivity index (χ1n) is 7.85. The van der Waals surface area contributed by atoms with Crippen LogP contribution in [0.1, 0.15) is 30.5 Å². The monoisotopic (exact) mass is 337 g/mol. The fraction of sp³-hybridized carbons (Fsp3) is 0.263. The van der Waals surface area contributed by atoms with Crippen molar-refractivity contribution in [3.8, 4) is 11.8 Å². The number of benzene rings is 1. The number of fused-ring (bicyclic) bond motifs is 1. The van der Waals surface area contributed by atoms with Crippen molar-refractivity contribution in [1.82, 2.24) is 10.0 Å². The number of ether oxygens (including phenoxy) is 1. The molecule has 0 amide bonds. The van der Waals surface area contributed by atoms with Crippen molar-refractivity contribution in [2.24, 2.45) is 0 Å². The normalized spacial score (nSPS) is 15.2. The molecule has 3 rings (SSSR count). The Balaban J connectivity index is 2.45. The maximum absolute atomic E-state index is 12.5. The average molecular weight is 337 g/mol. The van der Waals surface area contributed by atoms with E-state index in [-0.39, 0.29) is 5.56 Å². The van der Waals surface area contributed by atoms with Crippen LogP contribution in [0.15, 0.2) is 47.0 Å². The van der Waals surface area contributed by atoms with Crippen molar-refractivity contribution in [1.29, 1.82) is 5.26 Å². The standard InChI is InChI=1S/C19H19N3O3/c1-12-13(11-20)8-9-14-16(12)17(22-10-6-5-7-15(22)23)18(21-24-4)19(2,3)25-14/h5-10,21H,1-4H3. The van der Waals surface area contributed by atoms with E-state index in [1.165, 1.54) is 13.2 Å². The molecule has 0 saturated heterocycles. The third-order valence-corrected chi connectivity index (χ3v) is 4.26. The van der Waals surface area contributed by atoms with Crippen LogP contribution in [-0.4, -0.2) is 17.3 Å². The molecule has 1 aromatic heterocycles. The summed E-state index contributed by atoms with van der Waals surface area (Å²) in [6, 6.07) is 10.6. The number of hydroxylamine groups is 1. The van der Waals surface area contributed by atoms with E-state index in [2.05, 4.69) is 11.5 Å². The summed E-state index contributed by atoms with van der Waals surface area (Å²) in [5, 5.41) is 9.39. The van der Waals surface area contributed by atoms with Gasteiger partial charge in [-0.05, 0) is 44.5 Å². The van der Waals surface area contributed by atoms with Gasteiger partial charge < -0.3 is 4.74 Å². The molecule has 1 N–H and O–H groups in total. The summed E-state index contributed by atoms with van der Waals surface area (Å²) >= 11 is 0. The highest BCUT2D eigenvalue weighted by atomic mass is 16.6. The molecule has 6 heteroatoms. The number of nitrogens with one attached hydrogen (secondary N) is 1. The summed E-state index contributed by atoms with van der Waals surface area (Å²) < 4.78 is 7.67. The summed E-state index contributed by atoms with van der Waals surface area (Å²) in [6.45, 7) is 5.62. The fourth-order valence-corrected chi connectivity index (χ4v) is 3.05. The number of nitriles is 1. The van der Waals surface area contributed by atoms with E-state index < -0.39 is 5.60 Å². The Morgan fingerprint density at radius 3 is 2.68 bits per heavy atom. The summed E-state index contributed by atoms with van der Waals surface area (Å²) in [7, 11) is 1.50. The molecule has 0 atom stereocenters. The highest BCUT2D eigenvalue weighted by Gasteiger charge is 2.38. The molecule has 2 heterocycles. The summed E-state index contributed by atoms with van der Waals surface area (Å²) in [5.74, 6) is 0.619. The van der Waals surface area contributed by atoms with E-state index in [1.54, 1.807) is 35.0 Å². The van der Waals surface area contributed by atoms with Crippen LogP contribution in [0.2, 0.25) is 0 Å². The predicted molar refractivity (Wildman–Crippen MR) is 93.8 cm³/mol. The Kier molecular flexibility index (Phi) is 4.11. The van der Waals surface area contributed by atoms with E-state index in [0.29, 0.717) is 28.3 Å². The first-order valence-corrected chi connectivity index (χ1v) is 7.85. The lowest BCUT2D eigenvalue weighted by Crippen LogP contribution is -2.43. The minimum absolute atomic E-state index is 0.182. The van der Waals surface area contributed by atoms with Gasteiger partial charge in [0.25, 0.3) is 5.56 Å². The first-order chi connectivity index (χ1) is 11.9. The third kappa shape index (κ3) is 2.69. The number of hydrogen-bond acceptors (Lipinski definition) is 5. The zero-order valence-electron chi connectivity index (χ0n) is 14.6. The second-order valence-electron chi connectivity index (χ2n) is 6.27. The van der Waals surface area contributed by atoms with E-state index in [0.717, 1.165) is 5.56 Å². The zero-order valence-corrected chi connectivity index (χ0v) is 14.6. The van der Waals surface area contributed by atoms with Crippen molar-refractivity contribution in [2.75, 3.05) is 7.11 Å². The van der Waals surface area contributed by atoms with Crippen LogP contribution in [0.4, 0.5) is 0 Å². The zero-order chi connectivity index (χ0) is 18.2. The second kappa shape index (κ2) is 6.11. The van der Waals surface area contributed by atoms with Gasteiger partial charge in [-0.2, -0.15) is 5.26 Å². The average Bonchev–Trinajstić information content (AvgIpc) is 2.57. The SMILES string of the molecule is CONC1=C(n2ccccc2=O)c2c(ccc(C#N)c2C)OC1(C)C. The molecular formula is C19H19N3O3. The van der Waals surface area contributed by atoms with Crippen LogP contribution < -0.4 is 15.8 Å². The predicted octanol–water partition coefficient (Wildman–Crippen LogP) is 2.57. The van der Waals surface area contributed by atoms with Gasteiger partial charge in [0, 0.05) is 17.8 Å². The molecule has 0 saturated carbocycles. The van der Waals surface area contributed by atoms with Gasteiger partial charge in [-0.25, -0.2) is 0 Å². The fourth-order valence-electron chi connectivity index (χ4n) is 3.05. The van der Waals surface area contributed by atoms with Crippen LogP contribution in [-0.2, 0) is 4.84 Å². The quantitative estimate of drug-likeness (QED) is 0.871. The van der Waals surface area contributed by atoms with Gasteiger partial charge in [0.2, 0.25) is 0 Å². The molecule has 0 bridgehead atoms. The largest absolute Gasteiger partial charge is 0.481 e. The van der Waals surface area contributed by atoms with Gasteiger partial charge in [0.1, 0.15) is 17.0 Å². The summed E-state index contributed by atoms with van der Waals surface area (Å²) in [6.07, 6.45) is 1.69. The molecule has 25 heavy (non-hydrogen) atoms. The first kappa shape index (κ1) is 16.8. The number of rotatable bonds is 3. The number of pyridine rings is 1. The van der Waals surface area contributed by atoms with Gasteiger partial charge >= 0.3 is 0 Å². The molecule has 2 aromatic rings. The lowest BCUT2D eigenvalue weighted by atomic mass is 9.90. The van der Waals surface area contributed by atoms with Crippen LogP contribution in [0.25, 0.3) is 5.70 Å². The van der Waals surface area contributed by atoms with E-state index >= 15 is 0 Å². The van der Waals surface area contributed by atoms with Crippen LogP contribution in [0.5, 0.6) is 5.75 Å². The summed E-state index contributed by atoms with van der Waals surface area (Å²) in [4.78, 5) is 17.7. The lowest BCUT2D eigenvalue weighted by Gasteiger charge is -2.37. The van der Waals surface area contributed by atoms with Crippen molar-refractivity contribution in [2.45, 2.75) is 26.4 Å². The third-order valence-electron chi connectivity index (χ3n) is 4.26. The van der Waals surface area contributed by atoms with Crippen molar-refractivity contribution in [3.63, 3.8) is 0 Å². The van der Waals surface area contributed by atoms with Gasteiger partial charge in [-0.15, -0.1) is 0 Å². The molecule has 0 aliphatic carbocycles. The Labute approximate surface area is 145 Å². The maximum Gasteiger partial charge on any atom is 0.255 e. The van der Waals surface area contributed by atoms with E-state index in [1.807, 2.05) is 20.8 Å². The Morgan fingerprint density at radius 2 is 2.04 bits per heavy atom. The van der Waals surface area contributed by atoms with Crippen LogP contribution in [0, 0.1) is 18.3 Å². The van der Waals surface area contributed by atoms with Crippen LogP contribution >= 0.6 is 0 Å². The highest BCUT2D eigenvalue weighted by molar-refractivity contribution is 5.79. The van der Waals surface area contributed by atoms with E-state index in [4.69, 9.17) is 9.57 Å². The highest BCUT2D eigenvalue weighted by Crippen LogP contribution is 2.42. The molecule has 1 aromatic carbocycles. The molecule has 1 aliphatic rings. The van der Waals surface area contributed by atoms with Gasteiger partial charge in [-0.1, -0.05) is 6.07 Å². The topological polar surface area (TPSA) is 76.3 Å². The lowest BCUT2D eigenvalue weighted by molar-refractivity contribution is 0.0588. The Morgan fingerprint density at radius 1 is 1.28 bits per heavy atom. The molecule has 0 fully saturated rings. The molecular weight excluding hydrogens is 318 g/mol. The minimum Gasteiger partial charge on any atom is -0.481 e. The van der Waals surface area contributed by atoms with E-state index in [9.17, 15) is 10.1 Å². The molecule has 0 unspecified atom stereocenters. The van der Waals surface area contributed by atoms with Gasteiger partial charge in [-0.3, -0.25) is 19.7 Å². The van der Waals surface area contributed by atoms with Gasteiger partial charge in [0.15, 0.2) is 0 Å². The van der Waals surface area contributed by atoms with Crippen molar-refractivity contribution >= 4 is 5.70 Å². The molecule has 0 radical (unpaired) electrons. The van der Waals surface area contributed by atoms with Crippen LogP contribution in [0.3, 0.4) is 0 Å². The van der Waals surface area contributed by atoms with Crippen molar-refractivity contribution in [3.05, 3.63) is 69.3 Å². The van der Waals surface area contributed by atoms with Gasteiger partial charge in [0.05, 0.1) is 24.4 Å². The van der Waals surface area contributed by atoms with Crippen molar-refractivity contribution < 1.29 is 9.57 Å². The Hall–Kier alpha value is -3.04. The smallest absolute Gasteiger partial charge is 0.255 e.